The minimum absolute atomic E-state index is 0.347. The number of carbonyl (C=O) groups is 1. The summed E-state index contributed by atoms with van der Waals surface area (Å²) in [6.45, 7) is 7.51. The second-order valence-electron chi connectivity index (χ2n) is 7.33. The van der Waals surface area contributed by atoms with Crippen LogP contribution in [0, 0.1) is 0 Å². The summed E-state index contributed by atoms with van der Waals surface area (Å²) in [5.74, 6) is 0.347. The van der Waals surface area contributed by atoms with E-state index in [0.29, 0.717) is 24.4 Å². The highest BCUT2D eigenvalue weighted by Gasteiger charge is 2.42. The fourth-order valence-electron chi connectivity index (χ4n) is 4.52. The lowest BCUT2D eigenvalue weighted by atomic mass is 9.96. The molecule has 6 nitrogen and oxygen atoms in total. The molecule has 4 rings (SSSR count). The monoisotopic (exact) mass is 344 g/mol. The van der Waals surface area contributed by atoms with Gasteiger partial charge in [0, 0.05) is 70.2 Å². The van der Waals surface area contributed by atoms with Crippen LogP contribution in [0.1, 0.15) is 24.8 Å². The highest BCUT2D eigenvalue weighted by atomic mass is 16.5. The summed E-state index contributed by atoms with van der Waals surface area (Å²) in [5, 5.41) is 0. The summed E-state index contributed by atoms with van der Waals surface area (Å²) < 4.78 is 5.42. The van der Waals surface area contributed by atoms with Gasteiger partial charge in [0.05, 0.1) is 13.2 Å². The smallest absolute Gasteiger partial charge is 0.222 e. The Hall–Kier alpha value is -1.50. The molecule has 3 aliphatic heterocycles. The largest absolute Gasteiger partial charge is 0.379 e. The molecule has 1 aromatic rings. The maximum Gasteiger partial charge on any atom is 0.222 e. The molecule has 3 saturated heterocycles. The number of amides is 1. The van der Waals surface area contributed by atoms with Crippen molar-refractivity contribution in [2.24, 2.45) is 0 Å². The van der Waals surface area contributed by atoms with Gasteiger partial charge in [0.1, 0.15) is 0 Å². The third-order valence-corrected chi connectivity index (χ3v) is 5.90. The number of carbonyl (C=O) groups excluding carboxylic acids is 1. The van der Waals surface area contributed by atoms with E-state index in [1.54, 1.807) is 0 Å². The van der Waals surface area contributed by atoms with E-state index in [2.05, 4.69) is 31.8 Å². The van der Waals surface area contributed by atoms with Crippen molar-refractivity contribution < 1.29 is 9.53 Å². The number of rotatable bonds is 5. The lowest BCUT2D eigenvalue weighted by Crippen LogP contribution is -2.54. The van der Waals surface area contributed by atoms with Crippen molar-refractivity contribution in [3.05, 3.63) is 30.1 Å². The lowest BCUT2D eigenvalue weighted by Gasteiger charge is -2.41. The van der Waals surface area contributed by atoms with Gasteiger partial charge in [-0.1, -0.05) is 0 Å². The molecule has 0 spiro atoms. The molecule has 0 aliphatic carbocycles. The number of hydrogen-bond acceptors (Lipinski definition) is 5. The minimum atomic E-state index is 0.347. The Morgan fingerprint density at radius 2 is 1.84 bits per heavy atom. The number of likely N-dealkylation sites (tertiary alicyclic amines) is 2. The first-order valence-electron chi connectivity index (χ1n) is 9.54. The number of nitrogens with zero attached hydrogens (tertiary/aromatic N) is 4. The predicted octanol–water partition coefficient (Wildman–Crippen LogP) is 0.979. The van der Waals surface area contributed by atoms with Gasteiger partial charge in [-0.3, -0.25) is 19.6 Å². The zero-order valence-electron chi connectivity index (χ0n) is 14.8. The fourth-order valence-corrected chi connectivity index (χ4v) is 4.52. The van der Waals surface area contributed by atoms with E-state index in [-0.39, 0.29) is 0 Å². The molecule has 1 aromatic heterocycles. The summed E-state index contributed by atoms with van der Waals surface area (Å²) in [7, 11) is 0. The van der Waals surface area contributed by atoms with Crippen LogP contribution in [0.4, 0.5) is 0 Å². The molecule has 3 fully saturated rings. The van der Waals surface area contributed by atoms with Crippen molar-refractivity contribution in [1.29, 1.82) is 0 Å². The van der Waals surface area contributed by atoms with Crippen LogP contribution in [-0.4, -0.2) is 83.6 Å². The van der Waals surface area contributed by atoms with Crippen LogP contribution in [0.5, 0.6) is 0 Å². The van der Waals surface area contributed by atoms with Gasteiger partial charge in [0.25, 0.3) is 0 Å². The van der Waals surface area contributed by atoms with E-state index in [1.165, 1.54) is 5.56 Å². The lowest BCUT2D eigenvalue weighted by molar-refractivity contribution is -0.138. The number of piperidine rings is 1. The Kier molecular flexibility index (Phi) is 5.29. The third-order valence-electron chi connectivity index (χ3n) is 5.90. The zero-order chi connectivity index (χ0) is 17.1. The fraction of sp³-hybridized carbons (Fsp3) is 0.684. The molecule has 4 heterocycles. The molecular formula is C19H28N4O2. The van der Waals surface area contributed by atoms with Crippen molar-refractivity contribution in [1.82, 2.24) is 19.7 Å². The van der Waals surface area contributed by atoms with Crippen LogP contribution < -0.4 is 0 Å². The first-order valence-corrected chi connectivity index (χ1v) is 9.54. The molecule has 0 unspecified atom stereocenters. The number of hydrogen-bond donors (Lipinski definition) is 0. The Morgan fingerprint density at radius 3 is 2.64 bits per heavy atom. The van der Waals surface area contributed by atoms with Crippen LogP contribution in [0.3, 0.4) is 0 Å². The van der Waals surface area contributed by atoms with Crippen molar-refractivity contribution in [3.8, 4) is 0 Å². The minimum Gasteiger partial charge on any atom is -0.379 e. The second-order valence-corrected chi connectivity index (χ2v) is 7.33. The highest BCUT2D eigenvalue weighted by Crippen LogP contribution is 2.32. The quantitative estimate of drug-likeness (QED) is 0.797. The summed E-state index contributed by atoms with van der Waals surface area (Å²) in [6.07, 6.45) is 6.52. The number of ether oxygens (including phenoxy) is 1. The van der Waals surface area contributed by atoms with E-state index >= 15 is 0 Å². The Bertz CT molecular complexity index is 576. The van der Waals surface area contributed by atoms with Crippen molar-refractivity contribution in [3.63, 3.8) is 0 Å². The van der Waals surface area contributed by atoms with Crippen LogP contribution in [0.2, 0.25) is 0 Å². The Labute approximate surface area is 149 Å². The standard InChI is InChI=1S/C19H28N4O2/c24-19-2-1-17-18(23(19)10-9-21-11-13-25-14-12-21)5-8-22(17)15-16-3-6-20-7-4-16/h3-4,6-7,17-18H,1-2,5,8-15H2/t17-,18-/m0/s1. The van der Waals surface area contributed by atoms with Crippen LogP contribution in [0.15, 0.2) is 24.5 Å². The van der Waals surface area contributed by atoms with Crippen molar-refractivity contribution in [2.45, 2.75) is 37.9 Å². The van der Waals surface area contributed by atoms with E-state index in [9.17, 15) is 4.79 Å². The molecule has 0 bridgehead atoms. The summed E-state index contributed by atoms with van der Waals surface area (Å²) in [6, 6.07) is 5.09. The van der Waals surface area contributed by atoms with Crippen LogP contribution in [-0.2, 0) is 16.1 Å². The normalized spacial score (nSPS) is 28.3. The molecule has 136 valence electrons. The molecule has 3 aliphatic rings. The summed E-state index contributed by atoms with van der Waals surface area (Å²) in [4.78, 5) is 23.8. The number of fused-ring (bicyclic) bond motifs is 1. The van der Waals surface area contributed by atoms with E-state index in [4.69, 9.17) is 4.74 Å². The Morgan fingerprint density at radius 1 is 1.04 bits per heavy atom. The Balaban J connectivity index is 1.37. The zero-order valence-corrected chi connectivity index (χ0v) is 14.8. The van der Waals surface area contributed by atoms with Gasteiger partial charge in [-0.15, -0.1) is 0 Å². The SMILES string of the molecule is O=C1CC[C@H]2[C@H](CCN2Cc2ccncc2)N1CCN1CCOCC1. The maximum atomic E-state index is 12.5. The van der Waals surface area contributed by atoms with Gasteiger partial charge in [-0.25, -0.2) is 0 Å². The maximum absolute atomic E-state index is 12.5. The average Bonchev–Trinajstić information content (AvgIpc) is 3.05. The van der Waals surface area contributed by atoms with Gasteiger partial charge in [-0.2, -0.15) is 0 Å². The molecule has 2 atom stereocenters. The van der Waals surface area contributed by atoms with E-state index < -0.39 is 0 Å². The summed E-state index contributed by atoms with van der Waals surface area (Å²) >= 11 is 0. The summed E-state index contributed by atoms with van der Waals surface area (Å²) in [5.41, 5.74) is 1.31. The number of pyridine rings is 1. The van der Waals surface area contributed by atoms with Crippen LogP contribution in [0.25, 0.3) is 0 Å². The van der Waals surface area contributed by atoms with E-state index in [0.717, 1.165) is 65.3 Å². The third kappa shape index (κ3) is 3.86. The first-order chi connectivity index (χ1) is 12.3. The first kappa shape index (κ1) is 16.9. The van der Waals surface area contributed by atoms with Crippen LogP contribution >= 0.6 is 0 Å². The molecule has 0 radical (unpaired) electrons. The van der Waals surface area contributed by atoms with Gasteiger partial charge in [-0.05, 0) is 30.5 Å². The molecule has 25 heavy (non-hydrogen) atoms. The van der Waals surface area contributed by atoms with E-state index in [1.807, 2.05) is 12.4 Å². The molecule has 0 aromatic carbocycles. The van der Waals surface area contributed by atoms with Gasteiger partial charge < -0.3 is 9.64 Å². The molecule has 6 heteroatoms. The second kappa shape index (κ2) is 7.81. The molecule has 0 N–H and O–H groups in total. The average molecular weight is 344 g/mol. The van der Waals surface area contributed by atoms with Gasteiger partial charge in [0.15, 0.2) is 0 Å². The predicted molar refractivity (Wildman–Crippen MR) is 95.0 cm³/mol. The van der Waals surface area contributed by atoms with Crippen molar-refractivity contribution >= 4 is 5.91 Å². The van der Waals surface area contributed by atoms with Gasteiger partial charge in [0.2, 0.25) is 5.91 Å². The number of morpholine rings is 1. The topological polar surface area (TPSA) is 48.9 Å². The van der Waals surface area contributed by atoms with Crippen molar-refractivity contribution in [2.75, 3.05) is 45.9 Å². The number of aromatic nitrogens is 1. The molecular weight excluding hydrogens is 316 g/mol. The van der Waals surface area contributed by atoms with Gasteiger partial charge >= 0.3 is 0 Å². The highest BCUT2D eigenvalue weighted by molar-refractivity contribution is 5.77. The molecule has 1 amide bonds. The molecule has 0 saturated carbocycles.